The number of amides is 1. The van der Waals surface area contributed by atoms with Crippen LogP contribution in [-0.2, 0) is 6.61 Å². The Hall–Kier alpha value is -3.12. The summed E-state index contributed by atoms with van der Waals surface area (Å²) in [5, 5.41) is 10.8. The van der Waals surface area contributed by atoms with Gasteiger partial charge in [0.05, 0.1) is 11.4 Å². The number of likely N-dealkylation sites (tertiary alicyclic amines) is 1. The zero-order chi connectivity index (χ0) is 20.5. The van der Waals surface area contributed by atoms with Crippen molar-refractivity contribution in [3.8, 4) is 28.3 Å². The first kappa shape index (κ1) is 18.9. The van der Waals surface area contributed by atoms with Crippen molar-refractivity contribution in [2.75, 3.05) is 19.6 Å². The van der Waals surface area contributed by atoms with E-state index >= 15 is 0 Å². The maximum absolute atomic E-state index is 12.6. The van der Waals surface area contributed by atoms with Crippen molar-refractivity contribution in [2.24, 2.45) is 0 Å². The molecule has 0 radical (unpaired) electrons. The molecule has 2 aromatic carbocycles. The van der Waals surface area contributed by atoms with Gasteiger partial charge in [-0.2, -0.15) is 5.10 Å². The Bertz CT molecular complexity index is 1060. The molecule has 154 valence electrons. The lowest BCUT2D eigenvalue weighted by atomic mass is 9.99. The summed E-state index contributed by atoms with van der Waals surface area (Å²) in [6, 6.07) is 16.1. The Labute approximate surface area is 176 Å². The van der Waals surface area contributed by atoms with Crippen LogP contribution >= 0.6 is 0 Å². The van der Waals surface area contributed by atoms with E-state index < -0.39 is 0 Å². The summed E-state index contributed by atoms with van der Waals surface area (Å²) in [7, 11) is 0. The van der Waals surface area contributed by atoms with E-state index in [0.29, 0.717) is 24.8 Å². The van der Waals surface area contributed by atoms with Crippen LogP contribution in [0.25, 0.3) is 22.5 Å². The Morgan fingerprint density at radius 2 is 2.07 bits per heavy atom. The van der Waals surface area contributed by atoms with E-state index in [1.165, 1.54) is 6.42 Å². The van der Waals surface area contributed by atoms with Gasteiger partial charge in [0, 0.05) is 34.8 Å². The molecule has 0 bridgehead atoms. The van der Waals surface area contributed by atoms with Crippen LogP contribution < -0.4 is 10.1 Å². The summed E-state index contributed by atoms with van der Waals surface area (Å²) in [6.45, 7) is 5.54. The van der Waals surface area contributed by atoms with Crippen LogP contribution in [-0.4, -0.2) is 46.7 Å². The molecule has 0 aliphatic carbocycles. The number of benzene rings is 2. The van der Waals surface area contributed by atoms with Crippen LogP contribution in [0.5, 0.6) is 5.75 Å². The molecule has 0 saturated carbocycles. The predicted molar refractivity (Wildman–Crippen MR) is 116 cm³/mol. The second-order valence-corrected chi connectivity index (χ2v) is 7.92. The van der Waals surface area contributed by atoms with Gasteiger partial charge in [-0.1, -0.05) is 31.2 Å². The highest BCUT2D eigenvalue weighted by Crippen LogP contribution is 2.39. The number of likely N-dealkylation sites (N-methyl/N-ethyl adjacent to an activating group) is 1. The third kappa shape index (κ3) is 3.37. The molecule has 3 heterocycles. The zero-order valence-corrected chi connectivity index (χ0v) is 17.1. The number of carbonyl (C=O) groups is 1. The molecule has 1 fully saturated rings. The Kier molecular flexibility index (Phi) is 5.01. The molecule has 2 N–H and O–H groups in total. The number of hydrogen-bond donors (Lipinski definition) is 2. The Morgan fingerprint density at radius 1 is 1.23 bits per heavy atom. The standard InChI is InChI=1S/C24H26N4O2/c1-2-28-13-5-6-18(28)14-25-24(29)17-11-9-16(10-12-17)22-20-15-30-21-8-4-3-7-19(21)23(20)27-26-22/h3-4,7-12,18H,2,5-6,13-15H2,1H3,(H,25,29)(H,26,27). The van der Waals surface area contributed by atoms with Crippen molar-refractivity contribution < 1.29 is 9.53 Å². The number of para-hydroxylation sites is 1. The minimum Gasteiger partial charge on any atom is -0.488 e. The second-order valence-electron chi connectivity index (χ2n) is 7.92. The van der Waals surface area contributed by atoms with Gasteiger partial charge in [0.1, 0.15) is 12.4 Å². The number of carbonyl (C=O) groups excluding carboxylic acids is 1. The monoisotopic (exact) mass is 402 g/mol. The molecule has 1 atom stereocenters. The van der Waals surface area contributed by atoms with Gasteiger partial charge < -0.3 is 10.1 Å². The number of nitrogens with one attached hydrogen (secondary N) is 2. The maximum Gasteiger partial charge on any atom is 0.251 e. The molecule has 2 aliphatic heterocycles. The summed E-state index contributed by atoms with van der Waals surface area (Å²) in [4.78, 5) is 15.0. The predicted octanol–water partition coefficient (Wildman–Crippen LogP) is 3.85. The lowest BCUT2D eigenvalue weighted by Gasteiger charge is -2.22. The first-order valence-electron chi connectivity index (χ1n) is 10.7. The van der Waals surface area contributed by atoms with Crippen LogP contribution in [0.1, 0.15) is 35.7 Å². The van der Waals surface area contributed by atoms with E-state index in [1.807, 2.05) is 48.5 Å². The number of fused-ring (bicyclic) bond motifs is 3. The smallest absolute Gasteiger partial charge is 0.251 e. The van der Waals surface area contributed by atoms with Gasteiger partial charge in [0.15, 0.2) is 0 Å². The van der Waals surface area contributed by atoms with E-state index in [2.05, 4.69) is 27.3 Å². The van der Waals surface area contributed by atoms with Gasteiger partial charge in [-0.15, -0.1) is 0 Å². The van der Waals surface area contributed by atoms with Crippen LogP contribution in [0.3, 0.4) is 0 Å². The topological polar surface area (TPSA) is 70.2 Å². The molecular weight excluding hydrogens is 376 g/mol. The molecular formula is C24H26N4O2. The SMILES string of the molecule is CCN1CCCC1CNC(=O)c1ccc(-c2n[nH]c3c2COc2ccccc2-3)cc1. The molecule has 6 heteroatoms. The quantitative estimate of drug-likeness (QED) is 0.680. The Morgan fingerprint density at radius 3 is 2.90 bits per heavy atom. The molecule has 1 unspecified atom stereocenters. The summed E-state index contributed by atoms with van der Waals surface area (Å²) >= 11 is 0. The molecule has 1 amide bonds. The summed E-state index contributed by atoms with van der Waals surface area (Å²) in [5.41, 5.74) is 5.60. The van der Waals surface area contributed by atoms with E-state index in [4.69, 9.17) is 4.74 Å². The molecule has 3 aromatic rings. The third-order valence-electron chi connectivity index (χ3n) is 6.22. The van der Waals surface area contributed by atoms with Gasteiger partial charge in [0.2, 0.25) is 0 Å². The minimum atomic E-state index is -0.0224. The van der Waals surface area contributed by atoms with Crippen molar-refractivity contribution in [2.45, 2.75) is 32.4 Å². The molecule has 5 rings (SSSR count). The molecule has 1 aromatic heterocycles. The zero-order valence-electron chi connectivity index (χ0n) is 17.1. The van der Waals surface area contributed by atoms with Gasteiger partial charge in [-0.05, 0) is 50.2 Å². The number of aromatic nitrogens is 2. The average Bonchev–Trinajstić information content (AvgIpc) is 3.44. The van der Waals surface area contributed by atoms with Gasteiger partial charge in [0.25, 0.3) is 5.91 Å². The number of nitrogens with zero attached hydrogens (tertiary/aromatic N) is 2. The summed E-state index contributed by atoms with van der Waals surface area (Å²) in [6.07, 6.45) is 2.37. The first-order valence-corrected chi connectivity index (χ1v) is 10.7. The average molecular weight is 402 g/mol. The van der Waals surface area contributed by atoms with Crippen LogP contribution in [0.2, 0.25) is 0 Å². The highest BCUT2D eigenvalue weighted by Gasteiger charge is 2.25. The first-order chi connectivity index (χ1) is 14.7. The van der Waals surface area contributed by atoms with E-state index in [9.17, 15) is 4.79 Å². The highest BCUT2D eigenvalue weighted by atomic mass is 16.5. The van der Waals surface area contributed by atoms with Crippen molar-refractivity contribution in [3.05, 3.63) is 59.7 Å². The lowest BCUT2D eigenvalue weighted by molar-refractivity contribution is 0.0941. The van der Waals surface area contributed by atoms with E-state index in [-0.39, 0.29) is 5.91 Å². The molecule has 1 saturated heterocycles. The van der Waals surface area contributed by atoms with Gasteiger partial charge in [-0.3, -0.25) is 14.8 Å². The van der Waals surface area contributed by atoms with Crippen molar-refractivity contribution >= 4 is 5.91 Å². The van der Waals surface area contributed by atoms with Crippen molar-refractivity contribution in [1.29, 1.82) is 0 Å². The second kappa shape index (κ2) is 7.95. The third-order valence-corrected chi connectivity index (χ3v) is 6.22. The van der Waals surface area contributed by atoms with E-state index in [0.717, 1.165) is 53.3 Å². The fourth-order valence-electron chi connectivity index (χ4n) is 4.55. The van der Waals surface area contributed by atoms with Crippen LogP contribution in [0.4, 0.5) is 0 Å². The number of hydrogen-bond acceptors (Lipinski definition) is 4. The maximum atomic E-state index is 12.6. The number of H-pyrrole nitrogens is 1. The largest absolute Gasteiger partial charge is 0.488 e. The fourth-order valence-corrected chi connectivity index (χ4v) is 4.55. The van der Waals surface area contributed by atoms with Gasteiger partial charge >= 0.3 is 0 Å². The number of ether oxygens (including phenoxy) is 1. The molecule has 0 spiro atoms. The van der Waals surface area contributed by atoms with Crippen molar-refractivity contribution in [1.82, 2.24) is 20.4 Å². The van der Waals surface area contributed by atoms with Crippen LogP contribution in [0.15, 0.2) is 48.5 Å². The summed E-state index contributed by atoms with van der Waals surface area (Å²) in [5.74, 6) is 0.849. The molecule has 6 nitrogen and oxygen atoms in total. The Balaban J connectivity index is 1.30. The lowest BCUT2D eigenvalue weighted by Crippen LogP contribution is -2.40. The van der Waals surface area contributed by atoms with E-state index in [1.54, 1.807) is 0 Å². The number of rotatable bonds is 5. The van der Waals surface area contributed by atoms with Crippen molar-refractivity contribution in [3.63, 3.8) is 0 Å². The van der Waals surface area contributed by atoms with Crippen LogP contribution in [0, 0.1) is 0 Å². The van der Waals surface area contributed by atoms with Gasteiger partial charge in [-0.25, -0.2) is 0 Å². The summed E-state index contributed by atoms with van der Waals surface area (Å²) < 4.78 is 5.90. The highest BCUT2D eigenvalue weighted by molar-refractivity contribution is 5.94. The molecule has 2 aliphatic rings. The number of aromatic amines is 1. The minimum absolute atomic E-state index is 0.0224. The normalized spacial score (nSPS) is 17.8. The fraction of sp³-hybridized carbons (Fsp3) is 0.333. The molecule has 30 heavy (non-hydrogen) atoms.